The highest BCUT2D eigenvalue weighted by molar-refractivity contribution is 6.00. The molecule has 23 heavy (non-hydrogen) atoms. The van der Waals surface area contributed by atoms with Crippen LogP contribution in [-0.2, 0) is 9.59 Å². The summed E-state index contributed by atoms with van der Waals surface area (Å²) in [7, 11) is 0. The smallest absolute Gasteiger partial charge is 0.227 e. The van der Waals surface area contributed by atoms with E-state index >= 15 is 0 Å². The molecular weight excluding hydrogens is 304 g/mol. The summed E-state index contributed by atoms with van der Waals surface area (Å²) < 4.78 is 26.7. The average Bonchev–Trinajstić information content (AvgIpc) is 2.89. The second kappa shape index (κ2) is 8.01. The Balaban J connectivity index is 1.90. The Morgan fingerprint density at radius 1 is 1.30 bits per heavy atom. The van der Waals surface area contributed by atoms with E-state index < -0.39 is 17.6 Å². The van der Waals surface area contributed by atoms with Gasteiger partial charge < -0.3 is 15.5 Å². The first-order valence-corrected chi connectivity index (χ1v) is 7.76. The molecule has 2 rings (SSSR count). The molecule has 5 nitrogen and oxygen atoms in total. The molecular formula is C16H21F2N3O2. The van der Waals surface area contributed by atoms with Crippen LogP contribution in [0.5, 0.6) is 0 Å². The van der Waals surface area contributed by atoms with Crippen LogP contribution < -0.4 is 15.5 Å². The zero-order valence-corrected chi connectivity index (χ0v) is 13.1. The first-order valence-electron chi connectivity index (χ1n) is 7.76. The molecule has 0 radical (unpaired) electrons. The summed E-state index contributed by atoms with van der Waals surface area (Å²) in [5, 5.41) is 5.93. The summed E-state index contributed by atoms with van der Waals surface area (Å²) in [5.74, 6) is -2.57. The second-order valence-corrected chi connectivity index (χ2v) is 5.54. The van der Waals surface area contributed by atoms with Crippen LogP contribution in [0, 0.1) is 17.6 Å². The number of benzene rings is 1. The predicted molar refractivity (Wildman–Crippen MR) is 83.0 cm³/mol. The summed E-state index contributed by atoms with van der Waals surface area (Å²) in [4.78, 5) is 25.3. The third-order valence-electron chi connectivity index (χ3n) is 3.72. The van der Waals surface area contributed by atoms with Crippen LogP contribution in [0.15, 0.2) is 18.2 Å². The van der Waals surface area contributed by atoms with Crippen LogP contribution in [0.25, 0.3) is 0 Å². The van der Waals surface area contributed by atoms with Gasteiger partial charge in [-0.3, -0.25) is 9.59 Å². The highest BCUT2D eigenvalue weighted by Gasteiger charge is 2.36. The highest BCUT2D eigenvalue weighted by atomic mass is 19.1. The van der Waals surface area contributed by atoms with Crippen molar-refractivity contribution in [1.29, 1.82) is 0 Å². The molecule has 1 aromatic rings. The number of anilines is 1. The second-order valence-electron chi connectivity index (χ2n) is 5.54. The Hall–Kier alpha value is -2.02. The molecule has 0 aliphatic carbocycles. The minimum Gasteiger partial charge on any atom is -0.355 e. The van der Waals surface area contributed by atoms with Gasteiger partial charge in [0.25, 0.3) is 0 Å². The van der Waals surface area contributed by atoms with Crippen molar-refractivity contribution < 1.29 is 18.4 Å². The lowest BCUT2D eigenvalue weighted by Crippen LogP contribution is -2.37. The first-order chi connectivity index (χ1) is 11.0. The van der Waals surface area contributed by atoms with Crippen molar-refractivity contribution in [2.24, 2.45) is 5.92 Å². The SMILES string of the molecule is CCCNCCNC(=O)C1CC(=O)N(c2ccc(F)cc2F)C1. The van der Waals surface area contributed by atoms with Crippen molar-refractivity contribution in [3.8, 4) is 0 Å². The Morgan fingerprint density at radius 3 is 2.78 bits per heavy atom. The molecule has 126 valence electrons. The van der Waals surface area contributed by atoms with Gasteiger partial charge >= 0.3 is 0 Å². The summed E-state index contributed by atoms with van der Waals surface area (Å²) in [6, 6.07) is 3.05. The monoisotopic (exact) mass is 325 g/mol. The van der Waals surface area contributed by atoms with Gasteiger partial charge in [-0.2, -0.15) is 0 Å². The quantitative estimate of drug-likeness (QED) is 0.746. The number of halogens is 2. The number of nitrogens with zero attached hydrogens (tertiary/aromatic N) is 1. The lowest BCUT2D eigenvalue weighted by atomic mass is 10.1. The molecule has 1 aromatic carbocycles. The molecule has 1 aliphatic rings. The van der Waals surface area contributed by atoms with Crippen LogP contribution in [0.3, 0.4) is 0 Å². The summed E-state index contributed by atoms with van der Waals surface area (Å²) in [6.07, 6.45) is 1.05. The molecule has 1 fully saturated rings. The third kappa shape index (κ3) is 4.48. The number of nitrogens with one attached hydrogen (secondary N) is 2. The van der Waals surface area contributed by atoms with E-state index in [1.165, 1.54) is 11.0 Å². The van der Waals surface area contributed by atoms with Crippen LogP contribution in [0.4, 0.5) is 14.5 Å². The maximum absolute atomic E-state index is 13.8. The average molecular weight is 325 g/mol. The molecule has 2 N–H and O–H groups in total. The Morgan fingerprint density at radius 2 is 2.09 bits per heavy atom. The van der Waals surface area contributed by atoms with Crippen molar-refractivity contribution in [3.63, 3.8) is 0 Å². The Kier molecular flexibility index (Phi) is 6.04. The van der Waals surface area contributed by atoms with Gasteiger partial charge in [-0.15, -0.1) is 0 Å². The highest BCUT2D eigenvalue weighted by Crippen LogP contribution is 2.27. The van der Waals surface area contributed by atoms with Gasteiger partial charge in [0.05, 0.1) is 11.6 Å². The van der Waals surface area contributed by atoms with E-state index in [2.05, 4.69) is 17.6 Å². The molecule has 0 aromatic heterocycles. The van der Waals surface area contributed by atoms with E-state index in [9.17, 15) is 18.4 Å². The summed E-state index contributed by atoms with van der Waals surface area (Å²) in [5.41, 5.74) is 0.0105. The van der Waals surface area contributed by atoms with E-state index in [1.807, 2.05) is 0 Å². The summed E-state index contributed by atoms with van der Waals surface area (Å²) in [6.45, 7) is 4.19. The molecule has 1 saturated heterocycles. The Labute approximate surface area is 134 Å². The Bertz CT molecular complexity index is 580. The molecule has 0 bridgehead atoms. The summed E-state index contributed by atoms with van der Waals surface area (Å²) >= 11 is 0. The third-order valence-corrected chi connectivity index (χ3v) is 3.72. The van der Waals surface area contributed by atoms with Crippen molar-refractivity contribution in [2.45, 2.75) is 19.8 Å². The minimum atomic E-state index is -0.803. The van der Waals surface area contributed by atoms with Gasteiger partial charge in [-0.25, -0.2) is 8.78 Å². The molecule has 1 heterocycles. The topological polar surface area (TPSA) is 61.4 Å². The number of carbonyl (C=O) groups excluding carboxylic acids is 2. The fourth-order valence-electron chi connectivity index (χ4n) is 2.54. The van der Waals surface area contributed by atoms with Gasteiger partial charge in [0, 0.05) is 32.1 Å². The largest absolute Gasteiger partial charge is 0.355 e. The first kappa shape index (κ1) is 17.3. The van der Waals surface area contributed by atoms with Gasteiger partial charge in [0.15, 0.2) is 0 Å². The van der Waals surface area contributed by atoms with Crippen LogP contribution in [-0.4, -0.2) is 38.0 Å². The number of rotatable bonds is 7. The lowest BCUT2D eigenvalue weighted by molar-refractivity contribution is -0.126. The number of amides is 2. The molecule has 1 aliphatic heterocycles. The predicted octanol–water partition coefficient (Wildman–Crippen LogP) is 1.43. The van der Waals surface area contributed by atoms with Crippen LogP contribution >= 0.6 is 0 Å². The molecule has 7 heteroatoms. The molecule has 0 spiro atoms. The number of hydrogen-bond acceptors (Lipinski definition) is 3. The van der Waals surface area contributed by atoms with Gasteiger partial charge in [0.1, 0.15) is 11.6 Å². The fraction of sp³-hybridized carbons (Fsp3) is 0.500. The van der Waals surface area contributed by atoms with Crippen LogP contribution in [0.1, 0.15) is 19.8 Å². The van der Waals surface area contributed by atoms with E-state index in [0.717, 1.165) is 25.1 Å². The van der Waals surface area contributed by atoms with E-state index in [-0.39, 0.29) is 30.5 Å². The number of carbonyl (C=O) groups is 2. The minimum absolute atomic E-state index is 0.0105. The van der Waals surface area contributed by atoms with E-state index in [4.69, 9.17) is 0 Å². The standard InChI is InChI=1S/C16H21F2N3O2/c1-2-5-19-6-7-20-16(23)11-8-15(22)21(10-11)14-4-3-12(17)9-13(14)18/h3-4,9,11,19H,2,5-8,10H2,1H3,(H,20,23). The zero-order chi connectivity index (χ0) is 16.8. The van der Waals surface area contributed by atoms with Gasteiger partial charge in [0.2, 0.25) is 11.8 Å². The van der Waals surface area contributed by atoms with Gasteiger partial charge in [-0.1, -0.05) is 6.92 Å². The van der Waals surface area contributed by atoms with Crippen molar-refractivity contribution in [2.75, 3.05) is 31.1 Å². The van der Waals surface area contributed by atoms with Gasteiger partial charge in [-0.05, 0) is 25.1 Å². The van der Waals surface area contributed by atoms with Crippen molar-refractivity contribution >= 4 is 17.5 Å². The molecule has 2 amide bonds. The van der Waals surface area contributed by atoms with Crippen LogP contribution in [0.2, 0.25) is 0 Å². The maximum atomic E-state index is 13.8. The van der Waals surface area contributed by atoms with Crippen molar-refractivity contribution in [3.05, 3.63) is 29.8 Å². The molecule has 1 atom stereocenters. The maximum Gasteiger partial charge on any atom is 0.227 e. The zero-order valence-electron chi connectivity index (χ0n) is 13.1. The normalized spacial score (nSPS) is 17.6. The van der Waals surface area contributed by atoms with Crippen molar-refractivity contribution in [1.82, 2.24) is 10.6 Å². The fourth-order valence-corrected chi connectivity index (χ4v) is 2.54. The molecule has 1 unspecified atom stereocenters. The number of hydrogen-bond donors (Lipinski definition) is 2. The van der Waals surface area contributed by atoms with E-state index in [1.54, 1.807) is 0 Å². The van der Waals surface area contributed by atoms with E-state index in [0.29, 0.717) is 13.1 Å². The lowest BCUT2D eigenvalue weighted by Gasteiger charge is -2.17. The molecule has 0 saturated carbocycles.